The molecule has 16 heteroatoms. The third-order valence-electron chi connectivity index (χ3n) is 5.06. The van der Waals surface area contributed by atoms with Gasteiger partial charge in [0.2, 0.25) is 0 Å². The van der Waals surface area contributed by atoms with Crippen molar-refractivity contribution in [2.45, 2.75) is 0 Å². The second kappa shape index (κ2) is 12.2. The standard InChI is InChI=1S/C22H20Br4N10O2/c23-10-6-13(32-17(10)25)19(37)29-4-1-2-12-16(36-22(28)34-12)9(15-8-31-21(27)35-15)3-5-30-20(38)14-7-11(24)18(26)33-14/h1-3,6-8,32-33H,4-5H2,(H,29,37)(H,30,38)(H3,27,31,35)(H3,28,34,36). The zero-order chi connectivity index (χ0) is 27.4. The largest absolute Gasteiger partial charge is 0.369 e. The zero-order valence-electron chi connectivity index (χ0n) is 19.3. The van der Waals surface area contributed by atoms with Crippen LogP contribution in [0.15, 0.2) is 48.6 Å². The second-order valence-corrected chi connectivity index (χ2v) is 11.0. The fraction of sp³-hybridized carbons (Fsp3) is 0.0909. The summed E-state index contributed by atoms with van der Waals surface area (Å²) in [6, 6.07) is 3.35. The minimum atomic E-state index is -0.297. The van der Waals surface area contributed by atoms with Crippen LogP contribution in [0.3, 0.4) is 0 Å². The number of aromatic amines is 4. The molecule has 0 atom stereocenters. The van der Waals surface area contributed by atoms with Crippen molar-refractivity contribution >= 4 is 99.1 Å². The Morgan fingerprint density at radius 2 is 1.45 bits per heavy atom. The van der Waals surface area contributed by atoms with Gasteiger partial charge in [0.05, 0.1) is 41.4 Å². The molecule has 4 heterocycles. The molecule has 0 aromatic carbocycles. The third-order valence-corrected chi connectivity index (χ3v) is 8.63. The zero-order valence-corrected chi connectivity index (χ0v) is 25.6. The number of anilines is 2. The maximum Gasteiger partial charge on any atom is 0.268 e. The first-order chi connectivity index (χ1) is 18.1. The molecule has 0 aliphatic carbocycles. The number of imidazole rings is 2. The van der Waals surface area contributed by atoms with Crippen LogP contribution >= 0.6 is 63.7 Å². The summed E-state index contributed by atoms with van der Waals surface area (Å²) in [5.41, 5.74) is 14.9. The van der Waals surface area contributed by atoms with E-state index in [1.54, 1.807) is 36.6 Å². The Morgan fingerprint density at radius 3 is 1.97 bits per heavy atom. The smallest absolute Gasteiger partial charge is 0.268 e. The van der Waals surface area contributed by atoms with Crippen LogP contribution in [0.4, 0.5) is 11.9 Å². The van der Waals surface area contributed by atoms with Gasteiger partial charge in [0.25, 0.3) is 11.8 Å². The highest BCUT2D eigenvalue weighted by atomic mass is 79.9. The Bertz CT molecular complexity index is 1510. The second-order valence-electron chi connectivity index (χ2n) is 7.70. The van der Waals surface area contributed by atoms with Gasteiger partial charge in [0.15, 0.2) is 11.9 Å². The highest BCUT2D eigenvalue weighted by molar-refractivity contribution is 9.13. The van der Waals surface area contributed by atoms with E-state index >= 15 is 0 Å². The summed E-state index contributed by atoms with van der Waals surface area (Å²) in [6.45, 7) is 0.424. The fourth-order valence-corrected chi connectivity index (χ4v) is 4.67. The van der Waals surface area contributed by atoms with Crippen molar-refractivity contribution in [1.82, 2.24) is 40.5 Å². The molecular weight excluding hydrogens is 756 g/mol. The van der Waals surface area contributed by atoms with E-state index < -0.39 is 0 Å². The molecule has 10 N–H and O–H groups in total. The summed E-state index contributed by atoms with van der Waals surface area (Å²) in [5, 5.41) is 5.63. The van der Waals surface area contributed by atoms with Gasteiger partial charge in [-0.15, -0.1) is 0 Å². The SMILES string of the molecule is Nc1ncc(C(=CCNC(=O)c2cc(Br)c(Br)[nH]2)c2nc(N)[nH]c2C=CCNC(=O)c2cc(Br)c(Br)[nH]2)[nH]1. The van der Waals surface area contributed by atoms with Crippen molar-refractivity contribution in [1.29, 1.82) is 0 Å². The van der Waals surface area contributed by atoms with Crippen LogP contribution in [-0.4, -0.2) is 54.8 Å². The molecule has 4 rings (SSSR count). The molecule has 0 saturated heterocycles. The summed E-state index contributed by atoms with van der Waals surface area (Å²) in [5.74, 6) is -0.152. The number of rotatable bonds is 9. The van der Waals surface area contributed by atoms with Gasteiger partial charge in [-0.3, -0.25) is 9.59 Å². The lowest BCUT2D eigenvalue weighted by molar-refractivity contribution is 0.0945. The van der Waals surface area contributed by atoms with Gasteiger partial charge in [-0.2, -0.15) is 0 Å². The highest BCUT2D eigenvalue weighted by Gasteiger charge is 2.17. The maximum atomic E-state index is 12.5. The van der Waals surface area contributed by atoms with Gasteiger partial charge in [0, 0.05) is 18.7 Å². The molecule has 0 spiro atoms. The number of nitrogens with zero attached hydrogens (tertiary/aromatic N) is 2. The average molecular weight is 776 g/mol. The van der Waals surface area contributed by atoms with E-state index in [0.29, 0.717) is 43.2 Å². The molecular formula is C22H20Br4N10O2. The monoisotopic (exact) mass is 772 g/mol. The summed E-state index contributed by atoms with van der Waals surface area (Å²) in [4.78, 5) is 45.2. The van der Waals surface area contributed by atoms with Crippen LogP contribution in [0, 0.1) is 0 Å². The minimum absolute atomic E-state index is 0.175. The Kier molecular flexibility index (Phi) is 8.96. The maximum absolute atomic E-state index is 12.5. The van der Waals surface area contributed by atoms with E-state index in [9.17, 15) is 9.59 Å². The van der Waals surface area contributed by atoms with Crippen molar-refractivity contribution in [3.05, 3.63) is 77.1 Å². The minimum Gasteiger partial charge on any atom is -0.369 e. The number of nitrogen functional groups attached to an aromatic ring is 2. The molecule has 4 aromatic rings. The molecule has 2 amide bonds. The van der Waals surface area contributed by atoms with Crippen LogP contribution in [0.5, 0.6) is 0 Å². The van der Waals surface area contributed by atoms with Crippen LogP contribution in [-0.2, 0) is 0 Å². The van der Waals surface area contributed by atoms with Crippen LogP contribution < -0.4 is 22.1 Å². The number of carbonyl (C=O) groups excluding carboxylic acids is 2. The first-order valence-electron chi connectivity index (χ1n) is 10.8. The number of hydrogen-bond donors (Lipinski definition) is 8. The van der Waals surface area contributed by atoms with Gasteiger partial charge < -0.3 is 42.0 Å². The molecule has 12 nitrogen and oxygen atoms in total. The molecule has 0 radical (unpaired) electrons. The van der Waals surface area contributed by atoms with Gasteiger partial charge >= 0.3 is 0 Å². The van der Waals surface area contributed by atoms with Gasteiger partial charge in [-0.25, -0.2) is 9.97 Å². The Morgan fingerprint density at radius 1 is 0.842 bits per heavy atom. The normalized spacial score (nSPS) is 11.8. The Hall–Kier alpha value is -3.08. The van der Waals surface area contributed by atoms with E-state index in [0.717, 1.165) is 8.95 Å². The molecule has 4 aromatic heterocycles. The van der Waals surface area contributed by atoms with Crippen LogP contribution in [0.1, 0.15) is 38.1 Å². The number of H-pyrrole nitrogens is 4. The number of hydrogen-bond acceptors (Lipinski definition) is 6. The van der Waals surface area contributed by atoms with Crippen LogP contribution in [0.2, 0.25) is 0 Å². The van der Waals surface area contributed by atoms with Gasteiger partial charge in [0.1, 0.15) is 11.4 Å². The molecule has 0 fully saturated rings. The molecule has 0 aliphatic rings. The van der Waals surface area contributed by atoms with Crippen molar-refractivity contribution in [3.63, 3.8) is 0 Å². The lowest BCUT2D eigenvalue weighted by atomic mass is 10.1. The number of nitrogens with two attached hydrogens (primary N) is 2. The van der Waals surface area contributed by atoms with Crippen molar-refractivity contribution in [2.24, 2.45) is 0 Å². The van der Waals surface area contributed by atoms with Crippen molar-refractivity contribution < 1.29 is 9.59 Å². The summed E-state index contributed by atoms with van der Waals surface area (Å²) in [7, 11) is 0. The molecule has 0 bridgehead atoms. The first kappa shape index (κ1) is 27.9. The van der Waals surface area contributed by atoms with Crippen molar-refractivity contribution in [2.75, 3.05) is 24.6 Å². The molecule has 38 heavy (non-hydrogen) atoms. The number of amides is 2. The Balaban J connectivity index is 1.51. The Labute approximate surface area is 249 Å². The van der Waals surface area contributed by atoms with E-state index in [-0.39, 0.29) is 36.8 Å². The number of nitrogens with one attached hydrogen (secondary N) is 6. The van der Waals surface area contributed by atoms with Gasteiger partial charge in [-0.05, 0) is 81.9 Å². The number of aromatic nitrogens is 6. The topological polar surface area (TPSA) is 199 Å². The average Bonchev–Trinajstić information content (AvgIpc) is 3.63. The van der Waals surface area contributed by atoms with Crippen molar-refractivity contribution in [3.8, 4) is 0 Å². The number of halogens is 4. The quantitative estimate of drug-likeness (QED) is 0.125. The summed E-state index contributed by atoms with van der Waals surface area (Å²) >= 11 is 13.3. The fourth-order valence-electron chi connectivity index (χ4n) is 3.36. The predicted molar refractivity (Wildman–Crippen MR) is 159 cm³/mol. The van der Waals surface area contributed by atoms with E-state index in [4.69, 9.17) is 11.5 Å². The van der Waals surface area contributed by atoms with E-state index in [2.05, 4.69) is 104 Å². The predicted octanol–water partition coefficient (Wildman–Crippen LogP) is 4.31. The van der Waals surface area contributed by atoms with Gasteiger partial charge in [-0.1, -0.05) is 12.2 Å². The molecule has 0 saturated carbocycles. The first-order valence-corrected chi connectivity index (χ1v) is 14.0. The molecule has 198 valence electrons. The molecule has 0 aliphatic heterocycles. The lowest BCUT2D eigenvalue weighted by Gasteiger charge is -2.06. The summed E-state index contributed by atoms with van der Waals surface area (Å²) < 4.78 is 2.83. The highest BCUT2D eigenvalue weighted by Crippen LogP contribution is 2.26. The summed E-state index contributed by atoms with van der Waals surface area (Å²) in [6.07, 6.45) is 6.84. The van der Waals surface area contributed by atoms with E-state index in [1.165, 1.54) is 0 Å². The molecule has 0 unspecified atom stereocenters. The number of carbonyl (C=O) groups is 2. The van der Waals surface area contributed by atoms with E-state index in [1.807, 2.05) is 0 Å². The van der Waals surface area contributed by atoms with Crippen LogP contribution in [0.25, 0.3) is 11.6 Å². The third kappa shape index (κ3) is 6.67. The lowest BCUT2D eigenvalue weighted by Crippen LogP contribution is -2.24.